The van der Waals surface area contributed by atoms with Gasteiger partial charge in [0.2, 0.25) is 5.28 Å². The second-order valence-electron chi connectivity index (χ2n) is 2.34. The van der Waals surface area contributed by atoms with Crippen LogP contribution in [0.1, 0.15) is 5.56 Å². The average molecular weight is 207 g/mol. The van der Waals surface area contributed by atoms with Gasteiger partial charge in [0.05, 0.1) is 0 Å². The quantitative estimate of drug-likeness (QED) is 0.327. The summed E-state index contributed by atoms with van der Waals surface area (Å²) in [7, 11) is 1.65. The number of halogens is 2. The molecule has 0 atom stereocenters. The standard InChI is InChI=1S/C6H8Cl2N4/c1-3-4(7)10-6(8)11-5(3)12(2)9/h9H2,1-2H3. The zero-order valence-corrected chi connectivity index (χ0v) is 8.19. The number of nitrogens with two attached hydrogens (primary N) is 1. The molecule has 12 heavy (non-hydrogen) atoms. The SMILES string of the molecule is Cc1c(Cl)nc(Cl)nc1N(C)N. The van der Waals surface area contributed by atoms with Gasteiger partial charge in [0, 0.05) is 12.6 Å². The van der Waals surface area contributed by atoms with Crippen molar-refractivity contribution < 1.29 is 0 Å². The molecule has 0 aliphatic heterocycles. The van der Waals surface area contributed by atoms with Gasteiger partial charge in [-0.3, -0.25) is 5.01 Å². The van der Waals surface area contributed by atoms with E-state index in [1.54, 1.807) is 14.0 Å². The maximum absolute atomic E-state index is 5.75. The first-order valence-corrected chi connectivity index (χ1v) is 3.96. The topological polar surface area (TPSA) is 55.0 Å². The lowest BCUT2D eigenvalue weighted by atomic mass is 10.3. The third-order valence-electron chi connectivity index (χ3n) is 1.37. The minimum absolute atomic E-state index is 0.0953. The van der Waals surface area contributed by atoms with Gasteiger partial charge < -0.3 is 0 Å². The number of hydrogen-bond acceptors (Lipinski definition) is 4. The molecule has 0 amide bonds. The number of anilines is 1. The van der Waals surface area contributed by atoms with E-state index in [2.05, 4.69) is 9.97 Å². The zero-order chi connectivity index (χ0) is 9.30. The van der Waals surface area contributed by atoms with Gasteiger partial charge >= 0.3 is 0 Å². The largest absolute Gasteiger partial charge is 0.298 e. The van der Waals surface area contributed by atoms with E-state index in [0.29, 0.717) is 16.5 Å². The van der Waals surface area contributed by atoms with Gasteiger partial charge in [0.15, 0.2) is 5.82 Å². The molecule has 0 saturated heterocycles. The first-order valence-electron chi connectivity index (χ1n) is 3.20. The fourth-order valence-corrected chi connectivity index (χ4v) is 1.17. The minimum Gasteiger partial charge on any atom is -0.298 e. The van der Waals surface area contributed by atoms with Crippen LogP contribution in [0.25, 0.3) is 0 Å². The van der Waals surface area contributed by atoms with Crippen LogP contribution in [0.15, 0.2) is 0 Å². The Bertz CT molecular complexity index is 300. The fourth-order valence-electron chi connectivity index (χ4n) is 0.797. The molecule has 0 aliphatic rings. The number of aromatic nitrogens is 2. The highest BCUT2D eigenvalue weighted by atomic mass is 35.5. The van der Waals surface area contributed by atoms with Gasteiger partial charge in [-0.2, -0.15) is 4.98 Å². The van der Waals surface area contributed by atoms with E-state index in [1.165, 1.54) is 5.01 Å². The van der Waals surface area contributed by atoms with Gasteiger partial charge in [-0.15, -0.1) is 0 Å². The van der Waals surface area contributed by atoms with Crippen LogP contribution in [-0.2, 0) is 0 Å². The summed E-state index contributed by atoms with van der Waals surface area (Å²) in [6.45, 7) is 1.78. The molecule has 0 aromatic carbocycles. The first-order chi connectivity index (χ1) is 5.52. The molecule has 0 radical (unpaired) electrons. The normalized spacial score (nSPS) is 10.1. The predicted molar refractivity (Wildman–Crippen MR) is 49.4 cm³/mol. The molecule has 0 spiro atoms. The van der Waals surface area contributed by atoms with Crippen LogP contribution in [0.4, 0.5) is 5.82 Å². The summed E-state index contributed by atoms with van der Waals surface area (Å²) in [5, 5.41) is 1.76. The number of nitrogens with zero attached hydrogens (tertiary/aromatic N) is 3. The second kappa shape index (κ2) is 3.43. The summed E-state index contributed by atoms with van der Waals surface area (Å²) in [5.74, 6) is 6.01. The molecule has 1 aromatic heterocycles. The van der Waals surface area contributed by atoms with E-state index in [-0.39, 0.29) is 5.28 Å². The van der Waals surface area contributed by atoms with Crippen LogP contribution in [0, 0.1) is 6.92 Å². The summed E-state index contributed by atoms with van der Waals surface area (Å²) in [6.07, 6.45) is 0. The molecule has 0 unspecified atom stereocenters. The van der Waals surface area contributed by atoms with Crippen molar-refractivity contribution in [2.45, 2.75) is 6.92 Å². The molecule has 0 bridgehead atoms. The monoisotopic (exact) mass is 206 g/mol. The summed E-state index contributed by atoms with van der Waals surface area (Å²) in [4.78, 5) is 7.66. The van der Waals surface area contributed by atoms with Crippen LogP contribution in [0.3, 0.4) is 0 Å². The van der Waals surface area contributed by atoms with E-state index in [9.17, 15) is 0 Å². The van der Waals surface area contributed by atoms with Crippen molar-refractivity contribution in [1.82, 2.24) is 9.97 Å². The summed E-state index contributed by atoms with van der Waals surface area (Å²) in [5.41, 5.74) is 0.714. The van der Waals surface area contributed by atoms with Gasteiger partial charge in [0.1, 0.15) is 5.15 Å². The van der Waals surface area contributed by atoms with Crippen LogP contribution in [-0.4, -0.2) is 17.0 Å². The van der Waals surface area contributed by atoms with E-state index in [4.69, 9.17) is 29.0 Å². The third-order valence-corrected chi connectivity index (χ3v) is 1.90. The van der Waals surface area contributed by atoms with Crippen molar-refractivity contribution >= 4 is 29.0 Å². The lowest BCUT2D eigenvalue weighted by Gasteiger charge is -2.13. The molecule has 2 N–H and O–H groups in total. The Balaban J connectivity index is 3.28. The average Bonchev–Trinajstić information content (AvgIpc) is 1.96. The Hall–Kier alpha value is -0.580. The van der Waals surface area contributed by atoms with Crippen molar-refractivity contribution in [3.8, 4) is 0 Å². The molecule has 66 valence electrons. The maximum atomic E-state index is 5.75. The lowest BCUT2D eigenvalue weighted by molar-refractivity contribution is 0.948. The van der Waals surface area contributed by atoms with Crippen molar-refractivity contribution in [3.05, 3.63) is 16.0 Å². The molecule has 1 heterocycles. The molecular formula is C6H8Cl2N4. The smallest absolute Gasteiger partial charge is 0.225 e. The summed E-state index contributed by atoms with van der Waals surface area (Å²) >= 11 is 11.3. The molecule has 4 nitrogen and oxygen atoms in total. The molecule has 0 saturated carbocycles. The van der Waals surface area contributed by atoms with Crippen LogP contribution >= 0.6 is 23.2 Å². The predicted octanol–water partition coefficient (Wildman–Crippen LogP) is 1.40. The molecule has 1 rings (SSSR count). The van der Waals surface area contributed by atoms with Crippen molar-refractivity contribution in [2.75, 3.05) is 12.1 Å². The first kappa shape index (κ1) is 9.51. The Kier molecular flexibility index (Phi) is 2.72. The van der Waals surface area contributed by atoms with Crippen molar-refractivity contribution in [2.24, 2.45) is 5.84 Å². The van der Waals surface area contributed by atoms with Gasteiger partial charge in [-0.05, 0) is 18.5 Å². The summed E-state index contributed by atoms with van der Waals surface area (Å²) < 4.78 is 0. The van der Waals surface area contributed by atoms with E-state index >= 15 is 0 Å². The van der Waals surface area contributed by atoms with Gasteiger partial charge in [-0.1, -0.05) is 11.6 Å². The van der Waals surface area contributed by atoms with Crippen LogP contribution < -0.4 is 10.9 Å². The second-order valence-corrected chi connectivity index (χ2v) is 3.04. The fraction of sp³-hybridized carbons (Fsp3) is 0.333. The Morgan fingerprint density at radius 1 is 1.33 bits per heavy atom. The molecule has 0 fully saturated rings. The Morgan fingerprint density at radius 2 is 1.92 bits per heavy atom. The van der Waals surface area contributed by atoms with Gasteiger partial charge in [0.25, 0.3) is 0 Å². The molecule has 1 aromatic rings. The lowest BCUT2D eigenvalue weighted by Crippen LogP contribution is -2.27. The highest BCUT2D eigenvalue weighted by Crippen LogP contribution is 2.22. The highest BCUT2D eigenvalue weighted by molar-refractivity contribution is 6.32. The Morgan fingerprint density at radius 3 is 2.42 bits per heavy atom. The number of rotatable bonds is 1. The highest BCUT2D eigenvalue weighted by Gasteiger charge is 2.09. The van der Waals surface area contributed by atoms with Gasteiger partial charge in [-0.25, -0.2) is 10.8 Å². The summed E-state index contributed by atoms with van der Waals surface area (Å²) in [6, 6.07) is 0. The van der Waals surface area contributed by atoms with E-state index < -0.39 is 0 Å². The number of hydrogen-bond donors (Lipinski definition) is 1. The minimum atomic E-state index is 0.0953. The zero-order valence-electron chi connectivity index (χ0n) is 6.67. The van der Waals surface area contributed by atoms with Crippen LogP contribution in [0.5, 0.6) is 0 Å². The number of hydrazine groups is 1. The van der Waals surface area contributed by atoms with Crippen molar-refractivity contribution in [3.63, 3.8) is 0 Å². The molecule has 0 aliphatic carbocycles. The van der Waals surface area contributed by atoms with Crippen LogP contribution in [0.2, 0.25) is 10.4 Å². The van der Waals surface area contributed by atoms with E-state index in [0.717, 1.165) is 0 Å². The molecule has 6 heteroatoms. The third kappa shape index (κ3) is 1.77. The molecular weight excluding hydrogens is 199 g/mol. The van der Waals surface area contributed by atoms with E-state index in [1.807, 2.05) is 0 Å². The Labute approximate surface area is 80.3 Å². The van der Waals surface area contributed by atoms with Crippen molar-refractivity contribution in [1.29, 1.82) is 0 Å². The maximum Gasteiger partial charge on any atom is 0.225 e.